The minimum atomic E-state index is 1.32. The van der Waals surface area contributed by atoms with E-state index in [0.717, 1.165) is 0 Å². The molecule has 0 amide bonds. The Morgan fingerprint density at radius 3 is 1.25 bits per heavy atom. The highest BCUT2D eigenvalue weighted by Crippen LogP contribution is 2.45. The van der Waals surface area contributed by atoms with Gasteiger partial charge < -0.3 is 0 Å². The standard InChI is InChI=1S/C26H14S2/c1-3-25(27-9-1)15-5-7-17-19(11-15)23-13-22-18-8-6-16(26-4-2-10-28-26)12-20(18)24(22)14-21(17)23/h1-14H. The maximum Gasteiger partial charge on any atom is 0.0342 e. The Morgan fingerprint density at radius 2 is 0.821 bits per heavy atom. The summed E-state index contributed by atoms with van der Waals surface area (Å²) in [6.07, 6.45) is 0. The maximum absolute atomic E-state index is 2.40. The highest BCUT2D eigenvalue weighted by atomic mass is 32.1. The SMILES string of the molecule is c1csc(-c2ccc3c(c2)c2cc4c5ccc(-c6cccs6)cc5c4cc32)c1. The van der Waals surface area contributed by atoms with Crippen LogP contribution in [0.25, 0.3) is 64.0 Å². The van der Waals surface area contributed by atoms with E-state index in [2.05, 4.69) is 83.6 Å². The first-order chi connectivity index (χ1) is 13.9. The number of rotatable bonds is 2. The molecule has 7 rings (SSSR count). The van der Waals surface area contributed by atoms with E-state index in [-0.39, 0.29) is 0 Å². The zero-order valence-electron chi connectivity index (χ0n) is 14.9. The summed E-state index contributed by atoms with van der Waals surface area (Å²) in [5, 5.41) is 15.5. The van der Waals surface area contributed by atoms with E-state index in [0.29, 0.717) is 0 Å². The third-order valence-corrected chi connectivity index (χ3v) is 7.81. The second kappa shape index (κ2) is 5.32. The van der Waals surface area contributed by atoms with Gasteiger partial charge in [-0.25, -0.2) is 0 Å². The summed E-state index contributed by atoms with van der Waals surface area (Å²) in [6, 6.07) is 27.3. The Balaban J connectivity index is 1.44. The second-order valence-corrected chi connectivity index (χ2v) is 9.31. The Bertz CT molecular complexity index is 1460. The molecule has 5 aromatic carbocycles. The predicted octanol–water partition coefficient (Wildman–Crippen LogP) is 8.63. The lowest BCUT2D eigenvalue weighted by molar-refractivity contribution is 1.76. The third-order valence-electron chi connectivity index (χ3n) is 5.97. The van der Waals surface area contributed by atoms with Crippen LogP contribution in [-0.2, 0) is 0 Å². The molecule has 0 N–H and O–H groups in total. The van der Waals surface area contributed by atoms with Crippen LogP contribution in [0.15, 0.2) is 83.6 Å². The van der Waals surface area contributed by atoms with E-state index in [9.17, 15) is 0 Å². The van der Waals surface area contributed by atoms with Gasteiger partial charge in [-0.2, -0.15) is 0 Å². The van der Waals surface area contributed by atoms with Crippen molar-refractivity contribution in [2.45, 2.75) is 0 Å². The van der Waals surface area contributed by atoms with Gasteiger partial charge in [-0.15, -0.1) is 22.7 Å². The zero-order chi connectivity index (χ0) is 18.2. The Kier molecular flexibility index (Phi) is 2.85. The largest absolute Gasteiger partial charge is 0.144 e. The van der Waals surface area contributed by atoms with E-state index < -0.39 is 0 Å². The van der Waals surface area contributed by atoms with Crippen LogP contribution in [0.3, 0.4) is 0 Å². The van der Waals surface area contributed by atoms with Crippen molar-refractivity contribution in [2.24, 2.45) is 0 Å². The Hall–Kier alpha value is -2.94. The van der Waals surface area contributed by atoms with Gasteiger partial charge in [-0.1, -0.05) is 36.4 Å². The highest BCUT2D eigenvalue weighted by Gasteiger charge is 2.17. The van der Waals surface area contributed by atoms with Gasteiger partial charge in [0.05, 0.1) is 0 Å². The first-order valence-corrected chi connectivity index (χ1v) is 11.2. The van der Waals surface area contributed by atoms with Crippen molar-refractivity contribution in [1.82, 2.24) is 0 Å². The topological polar surface area (TPSA) is 0 Å². The minimum Gasteiger partial charge on any atom is -0.144 e. The van der Waals surface area contributed by atoms with Gasteiger partial charge in [0.15, 0.2) is 0 Å². The van der Waals surface area contributed by atoms with Crippen LogP contribution in [0.1, 0.15) is 0 Å². The first kappa shape index (κ1) is 15.0. The van der Waals surface area contributed by atoms with Crippen LogP contribution in [0.2, 0.25) is 0 Å². The van der Waals surface area contributed by atoms with Gasteiger partial charge >= 0.3 is 0 Å². The average Bonchev–Trinajstić information content (AvgIpc) is 3.43. The fourth-order valence-corrected chi connectivity index (χ4v) is 6.01. The number of fused-ring (bicyclic) bond motifs is 8. The smallest absolute Gasteiger partial charge is 0.0342 e. The quantitative estimate of drug-likeness (QED) is 0.277. The number of benzene rings is 3. The van der Waals surface area contributed by atoms with Crippen LogP contribution in [-0.4, -0.2) is 0 Å². The number of thiophene rings is 2. The van der Waals surface area contributed by atoms with Gasteiger partial charge in [0.1, 0.15) is 0 Å². The van der Waals surface area contributed by atoms with E-state index in [4.69, 9.17) is 0 Å². The van der Waals surface area contributed by atoms with Gasteiger partial charge in [-0.05, 0) is 101 Å². The van der Waals surface area contributed by atoms with Crippen molar-refractivity contribution in [1.29, 1.82) is 0 Å². The fraction of sp³-hybridized carbons (Fsp3) is 0. The van der Waals surface area contributed by atoms with Crippen LogP contribution < -0.4 is 0 Å². The summed E-state index contributed by atoms with van der Waals surface area (Å²) in [7, 11) is 0. The molecule has 0 aliphatic heterocycles. The van der Waals surface area contributed by atoms with Crippen molar-refractivity contribution in [3.8, 4) is 20.9 Å². The summed E-state index contributed by atoms with van der Waals surface area (Å²) in [5.41, 5.74) is 2.64. The van der Waals surface area contributed by atoms with Crippen molar-refractivity contribution >= 4 is 65.8 Å². The van der Waals surface area contributed by atoms with Gasteiger partial charge in [0.25, 0.3) is 0 Å². The van der Waals surface area contributed by atoms with Crippen molar-refractivity contribution in [3.63, 3.8) is 0 Å². The lowest BCUT2D eigenvalue weighted by Gasteiger charge is -2.19. The predicted molar refractivity (Wildman–Crippen MR) is 125 cm³/mol. The summed E-state index contributed by atoms with van der Waals surface area (Å²) in [6.45, 7) is 0. The molecule has 2 heteroatoms. The van der Waals surface area contributed by atoms with Crippen LogP contribution in [0.5, 0.6) is 0 Å². The zero-order valence-corrected chi connectivity index (χ0v) is 16.5. The fourth-order valence-electron chi connectivity index (χ4n) is 4.56. The molecule has 0 fully saturated rings. The number of hydrogen-bond acceptors (Lipinski definition) is 2. The molecule has 0 unspecified atom stereocenters. The molecule has 7 aromatic rings. The highest BCUT2D eigenvalue weighted by molar-refractivity contribution is 7.13. The van der Waals surface area contributed by atoms with E-state index >= 15 is 0 Å². The minimum absolute atomic E-state index is 1.32. The van der Waals surface area contributed by atoms with E-state index in [1.807, 2.05) is 0 Å². The van der Waals surface area contributed by atoms with Crippen LogP contribution >= 0.6 is 22.7 Å². The van der Waals surface area contributed by atoms with Crippen molar-refractivity contribution < 1.29 is 0 Å². The molecule has 28 heavy (non-hydrogen) atoms. The first-order valence-electron chi connectivity index (χ1n) is 9.42. The summed E-state index contributed by atoms with van der Waals surface area (Å²) in [5.74, 6) is 0. The lowest BCUT2D eigenvalue weighted by Crippen LogP contribution is -1.91. The normalized spacial score (nSPS) is 12.3. The molecule has 2 aromatic heterocycles. The van der Waals surface area contributed by atoms with E-state index in [1.165, 1.54) is 64.0 Å². The lowest BCUT2D eigenvalue weighted by atomic mass is 9.85. The molecule has 130 valence electrons. The molecule has 0 saturated carbocycles. The maximum atomic E-state index is 2.40. The average molecular weight is 391 g/mol. The summed E-state index contributed by atoms with van der Waals surface area (Å²) >= 11 is 3.61. The van der Waals surface area contributed by atoms with Gasteiger partial charge in [-0.3, -0.25) is 0 Å². The molecular formula is C26H14S2. The molecule has 0 saturated heterocycles. The second-order valence-electron chi connectivity index (χ2n) is 7.42. The molecule has 0 spiro atoms. The van der Waals surface area contributed by atoms with Crippen LogP contribution in [0, 0.1) is 0 Å². The Labute approximate surface area is 170 Å². The van der Waals surface area contributed by atoms with Crippen LogP contribution in [0.4, 0.5) is 0 Å². The van der Waals surface area contributed by atoms with E-state index in [1.54, 1.807) is 22.7 Å². The molecule has 0 aliphatic rings. The molecule has 0 atom stereocenters. The van der Waals surface area contributed by atoms with Gasteiger partial charge in [0, 0.05) is 9.75 Å². The molecule has 0 nitrogen and oxygen atoms in total. The molecule has 2 heterocycles. The molecule has 0 aliphatic carbocycles. The van der Waals surface area contributed by atoms with Crippen molar-refractivity contribution in [3.05, 3.63) is 83.6 Å². The molecular weight excluding hydrogens is 376 g/mol. The molecule has 0 radical (unpaired) electrons. The summed E-state index contributed by atoms with van der Waals surface area (Å²) < 4.78 is 0. The molecule has 0 bridgehead atoms. The summed E-state index contributed by atoms with van der Waals surface area (Å²) in [4.78, 5) is 2.68. The van der Waals surface area contributed by atoms with Crippen molar-refractivity contribution in [2.75, 3.05) is 0 Å². The number of hydrogen-bond donors (Lipinski definition) is 0. The monoisotopic (exact) mass is 390 g/mol. The Morgan fingerprint density at radius 1 is 0.393 bits per heavy atom. The third kappa shape index (κ3) is 1.89. The van der Waals surface area contributed by atoms with Gasteiger partial charge in [0.2, 0.25) is 0 Å².